The summed E-state index contributed by atoms with van der Waals surface area (Å²) in [6.45, 7) is 7.38. The van der Waals surface area contributed by atoms with Crippen LogP contribution in [0.15, 0.2) is 30.3 Å². The number of hydrogen-bond donors (Lipinski definition) is 2. The molecular formula is C23H33N5O2. The summed E-state index contributed by atoms with van der Waals surface area (Å²) in [6.07, 6.45) is 2.99. The maximum atomic E-state index is 12.7. The van der Waals surface area contributed by atoms with Crippen LogP contribution in [0.1, 0.15) is 43.1 Å². The molecule has 30 heavy (non-hydrogen) atoms. The van der Waals surface area contributed by atoms with Crippen molar-refractivity contribution in [1.29, 1.82) is 0 Å². The van der Waals surface area contributed by atoms with Gasteiger partial charge in [-0.05, 0) is 45.6 Å². The number of carbonyl (C=O) groups is 2. The van der Waals surface area contributed by atoms with Gasteiger partial charge in [0.25, 0.3) is 0 Å². The Morgan fingerprint density at radius 1 is 1.17 bits per heavy atom. The third-order valence-corrected chi connectivity index (χ3v) is 6.06. The van der Waals surface area contributed by atoms with E-state index in [1.54, 1.807) is 4.68 Å². The Bertz CT molecular complexity index is 869. The second-order valence-corrected chi connectivity index (χ2v) is 8.20. The topological polar surface area (TPSA) is 79.3 Å². The van der Waals surface area contributed by atoms with E-state index >= 15 is 0 Å². The fourth-order valence-electron chi connectivity index (χ4n) is 3.98. The highest BCUT2D eigenvalue weighted by atomic mass is 16.2. The Kier molecular flexibility index (Phi) is 7.26. The highest BCUT2D eigenvalue weighted by Gasteiger charge is 2.28. The highest BCUT2D eigenvalue weighted by Crippen LogP contribution is 2.20. The average molecular weight is 412 g/mol. The van der Waals surface area contributed by atoms with Crippen LogP contribution in [-0.2, 0) is 23.1 Å². The predicted molar refractivity (Wildman–Crippen MR) is 118 cm³/mol. The van der Waals surface area contributed by atoms with Gasteiger partial charge in [0, 0.05) is 32.6 Å². The molecule has 1 fully saturated rings. The van der Waals surface area contributed by atoms with Crippen molar-refractivity contribution >= 4 is 17.5 Å². The molecular weight excluding hydrogens is 378 g/mol. The van der Waals surface area contributed by atoms with Gasteiger partial charge in [-0.2, -0.15) is 5.10 Å². The predicted octanol–water partition coefficient (Wildman–Crippen LogP) is 2.58. The van der Waals surface area contributed by atoms with Crippen molar-refractivity contribution < 1.29 is 9.59 Å². The first-order chi connectivity index (χ1) is 14.3. The van der Waals surface area contributed by atoms with Gasteiger partial charge in [-0.1, -0.05) is 30.3 Å². The van der Waals surface area contributed by atoms with Gasteiger partial charge in [-0.3, -0.25) is 19.2 Å². The van der Waals surface area contributed by atoms with Crippen molar-refractivity contribution in [3.05, 3.63) is 47.3 Å². The first kappa shape index (κ1) is 22.0. The zero-order chi connectivity index (χ0) is 21.7. The molecule has 3 rings (SSSR count). The fourth-order valence-corrected chi connectivity index (χ4v) is 3.98. The Morgan fingerprint density at radius 2 is 1.83 bits per heavy atom. The number of aryl methyl sites for hydroxylation is 3. The van der Waals surface area contributed by atoms with E-state index in [1.165, 1.54) is 5.56 Å². The Hall–Kier alpha value is -2.67. The van der Waals surface area contributed by atoms with Crippen molar-refractivity contribution in [1.82, 2.24) is 20.0 Å². The molecule has 1 saturated heterocycles. The van der Waals surface area contributed by atoms with E-state index in [-0.39, 0.29) is 23.9 Å². The third kappa shape index (κ3) is 5.48. The summed E-state index contributed by atoms with van der Waals surface area (Å²) in [6, 6.07) is 10.0. The molecule has 1 aliphatic rings. The summed E-state index contributed by atoms with van der Waals surface area (Å²) in [4.78, 5) is 27.2. The van der Waals surface area contributed by atoms with Crippen LogP contribution in [-0.4, -0.2) is 51.7 Å². The molecule has 2 amide bonds. The number of aromatic nitrogens is 2. The highest BCUT2D eigenvalue weighted by molar-refractivity contribution is 5.95. The Labute approximate surface area is 178 Å². The van der Waals surface area contributed by atoms with Crippen LogP contribution in [0.5, 0.6) is 0 Å². The monoisotopic (exact) mass is 411 g/mol. The lowest BCUT2D eigenvalue weighted by molar-refractivity contribution is -0.123. The molecule has 0 bridgehead atoms. The third-order valence-electron chi connectivity index (χ3n) is 6.06. The molecule has 1 aromatic heterocycles. The molecule has 7 heteroatoms. The summed E-state index contributed by atoms with van der Waals surface area (Å²) in [7, 11) is 1.88. The number of nitrogens with zero attached hydrogens (tertiary/aromatic N) is 3. The molecule has 2 heterocycles. The number of hydrogen-bond acceptors (Lipinski definition) is 4. The molecule has 1 atom stereocenters. The minimum absolute atomic E-state index is 0.0143. The summed E-state index contributed by atoms with van der Waals surface area (Å²) in [5.41, 5.74) is 3.76. The van der Waals surface area contributed by atoms with Crippen molar-refractivity contribution in [2.75, 3.05) is 18.4 Å². The number of carbonyl (C=O) groups excluding carboxylic acids is 2. The zero-order valence-corrected chi connectivity index (χ0v) is 18.4. The van der Waals surface area contributed by atoms with E-state index < -0.39 is 0 Å². The van der Waals surface area contributed by atoms with E-state index in [4.69, 9.17) is 0 Å². The second kappa shape index (κ2) is 9.89. The van der Waals surface area contributed by atoms with Crippen molar-refractivity contribution in [2.24, 2.45) is 7.05 Å². The van der Waals surface area contributed by atoms with Gasteiger partial charge in [-0.25, -0.2) is 0 Å². The number of rotatable bonds is 7. The summed E-state index contributed by atoms with van der Waals surface area (Å²) in [5, 5.41) is 10.6. The van der Waals surface area contributed by atoms with Crippen molar-refractivity contribution in [2.45, 2.75) is 58.5 Å². The van der Waals surface area contributed by atoms with E-state index in [0.717, 1.165) is 49.4 Å². The van der Waals surface area contributed by atoms with Crippen LogP contribution < -0.4 is 10.6 Å². The lowest BCUT2D eigenvalue weighted by atomic mass is 10.0. The van der Waals surface area contributed by atoms with E-state index in [2.05, 4.69) is 20.6 Å². The molecule has 0 radical (unpaired) electrons. The van der Waals surface area contributed by atoms with E-state index in [0.29, 0.717) is 6.42 Å². The van der Waals surface area contributed by atoms with Crippen LogP contribution in [0.3, 0.4) is 0 Å². The quantitative estimate of drug-likeness (QED) is 0.734. The van der Waals surface area contributed by atoms with Gasteiger partial charge in [0.2, 0.25) is 11.8 Å². The molecule has 162 valence electrons. The number of nitrogens with one attached hydrogen (secondary N) is 2. The molecule has 0 saturated carbocycles. The Morgan fingerprint density at radius 3 is 2.43 bits per heavy atom. The molecule has 1 aliphatic heterocycles. The normalized spacial score (nSPS) is 16.3. The average Bonchev–Trinajstić information content (AvgIpc) is 2.99. The molecule has 0 aliphatic carbocycles. The summed E-state index contributed by atoms with van der Waals surface area (Å²) >= 11 is 0. The minimum Gasteiger partial charge on any atom is -0.353 e. The maximum absolute atomic E-state index is 12.7. The molecule has 1 aromatic carbocycles. The summed E-state index contributed by atoms with van der Waals surface area (Å²) < 4.78 is 1.78. The maximum Gasteiger partial charge on any atom is 0.241 e. The second-order valence-electron chi connectivity index (χ2n) is 8.20. The van der Waals surface area contributed by atoms with Gasteiger partial charge < -0.3 is 10.6 Å². The first-order valence-electron chi connectivity index (χ1n) is 10.7. The van der Waals surface area contributed by atoms with Gasteiger partial charge >= 0.3 is 0 Å². The van der Waals surface area contributed by atoms with Crippen molar-refractivity contribution in [3.8, 4) is 0 Å². The molecule has 0 spiro atoms. The number of benzene rings is 1. The summed E-state index contributed by atoms with van der Waals surface area (Å²) in [5.74, 6) is 0.0881. The number of amides is 2. The molecule has 2 aromatic rings. The molecule has 0 unspecified atom stereocenters. The first-order valence-corrected chi connectivity index (χ1v) is 10.7. The zero-order valence-electron chi connectivity index (χ0n) is 18.4. The minimum atomic E-state index is -0.223. The molecule has 7 nitrogen and oxygen atoms in total. The van der Waals surface area contributed by atoms with Crippen molar-refractivity contribution in [3.63, 3.8) is 0 Å². The number of piperidine rings is 1. The van der Waals surface area contributed by atoms with E-state index in [9.17, 15) is 9.59 Å². The SMILES string of the molecule is Cc1nn(C)c(C)c1NC(=O)[C@H](C)N1CCC(NC(=O)CCc2ccccc2)CC1. The van der Waals surface area contributed by atoms with Gasteiger partial charge in [0.15, 0.2) is 0 Å². The van der Waals surface area contributed by atoms with Gasteiger partial charge in [-0.15, -0.1) is 0 Å². The lowest BCUT2D eigenvalue weighted by Gasteiger charge is -2.35. The van der Waals surface area contributed by atoms with Crippen LogP contribution in [0, 0.1) is 13.8 Å². The molecule has 2 N–H and O–H groups in total. The van der Waals surface area contributed by atoms with Crippen LogP contribution in [0.4, 0.5) is 5.69 Å². The Balaban J connectivity index is 1.43. The van der Waals surface area contributed by atoms with Crippen LogP contribution in [0.25, 0.3) is 0 Å². The standard InChI is InChI=1S/C23H33N5O2/c1-16-22(17(2)27(4)26-16)25-23(30)18(3)28-14-12-20(13-15-28)24-21(29)11-10-19-8-6-5-7-9-19/h5-9,18,20H,10-15H2,1-4H3,(H,24,29)(H,25,30)/t18-/m0/s1. The van der Waals surface area contributed by atoms with Crippen LogP contribution in [0.2, 0.25) is 0 Å². The largest absolute Gasteiger partial charge is 0.353 e. The smallest absolute Gasteiger partial charge is 0.241 e. The van der Waals surface area contributed by atoms with Gasteiger partial charge in [0.1, 0.15) is 0 Å². The number of likely N-dealkylation sites (tertiary alicyclic amines) is 1. The van der Waals surface area contributed by atoms with Gasteiger partial charge in [0.05, 0.1) is 23.1 Å². The number of anilines is 1. The lowest BCUT2D eigenvalue weighted by Crippen LogP contribution is -2.50. The fraction of sp³-hybridized carbons (Fsp3) is 0.522. The van der Waals surface area contributed by atoms with E-state index in [1.807, 2.05) is 58.2 Å². The van der Waals surface area contributed by atoms with Crippen LogP contribution >= 0.6 is 0 Å².